The molecule has 0 aliphatic carbocycles. The monoisotopic (exact) mass is 379 g/mol. The molecule has 1 aliphatic rings. The highest BCUT2D eigenvalue weighted by atomic mass is 19.1. The molecule has 144 valence electrons. The molecular formula is C21H22FN5O. The fourth-order valence-corrected chi connectivity index (χ4v) is 4.04. The van der Waals surface area contributed by atoms with E-state index in [1.165, 1.54) is 6.07 Å². The lowest BCUT2D eigenvalue weighted by atomic mass is 10.0. The van der Waals surface area contributed by atoms with Crippen molar-refractivity contribution in [2.75, 3.05) is 20.2 Å². The van der Waals surface area contributed by atoms with Crippen LogP contribution in [0.5, 0.6) is 5.75 Å². The summed E-state index contributed by atoms with van der Waals surface area (Å²) < 4.78 is 24.0. The van der Waals surface area contributed by atoms with E-state index >= 15 is 0 Å². The molecule has 0 spiro atoms. The maximum atomic E-state index is 14.6. The lowest BCUT2D eigenvalue weighted by Crippen LogP contribution is -2.29. The van der Waals surface area contributed by atoms with Gasteiger partial charge in [-0.15, -0.1) is 0 Å². The smallest absolute Gasteiger partial charge is 0.173 e. The van der Waals surface area contributed by atoms with Crippen LogP contribution in [0, 0.1) is 12.7 Å². The van der Waals surface area contributed by atoms with Gasteiger partial charge in [-0.05, 0) is 56.6 Å². The highest BCUT2D eigenvalue weighted by molar-refractivity contribution is 5.89. The zero-order valence-electron chi connectivity index (χ0n) is 15.9. The minimum absolute atomic E-state index is 0.338. The van der Waals surface area contributed by atoms with Crippen molar-refractivity contribution < 1.29 is 9.13 Å². The van der Waals surface area contributed by atoms with Gasteiger partial charge in [0.1, 0.15) is 11.3 Å². The number of nitrogens with one attached hydrogen (secondary N) is 1. The molecular weight excluding hydrogens is 357 g/mol. The van der Waals surface area contributed by atoms with Crippen LogP contribution in [0.4, 0.5) is 4.39 Å². The second-order valence-corrected chi connectivity index (χ2v) is 7.40. The Kier molecular flexibility index (Phi) is 4.05. The van der Waals surface area contributed by atoms with E-state index < -0.39 is 0 Å². The van der Waals surface area contributed by atoms with Gasteiger partial charge in [0.2, 0.25) is 0 Å². The van der Waals surface area contributed by atoms with Crippen LogP contribution in [-0.4, -0.2) is 39.4 Å². The Bertz CT molecular complexity index is 1170. The van der Waals surface area contributed by atoms with Gasteiger partial charge in [-0.1, -0.05) is 0 Å². The van der Waals surface area contributed by atoms with Crippen molar-refractivity contribution in [1.82, 2.24) is 24.5 Å². The summed E-state index contributed by atoms with van der Waals surface area (Å²) in [5.41, 5.74) is 3.63. The van der Waals surface area contributed by atoms with Gasteiger partial charge in [-0.3, -0.25) is 4.68 Å². The summed E-state index contributed by atoms with van der Waals surface area (Å²) in [5, 5.41) is 9.17. The maximum absolute atomic E-state index is 14.6. The number of methoxy groups -OCH3 is 1. The largest absolute Gasteiger partial charge is 0.494 e. The minimum atomic E-state index is -0.338. The first kappa shape index (κ1) is 17.2. The fraction of sp³-hybridized carbons (Fsp3) is 0.333. The van der Waals surface area contributed by atoms with Crippen molar-refractivity contribution in [3.63, 3.8) is 0 Å². The zero-order chi connectivity index (χ0) is 19.3. The molecule has 4 aromatic rings. The SMILES string of the molecule is COc1cc(-c2cc(F)c3nc(C)cn3c2)cc2cn(C3CCNCC3)nc12. The third-order valence-electron chi connectivity index (χ3n) is 5.45. The summed E-state index contributed by atoms with van der Waals surface area (Å²) in [6, 6.07) is 5.89. The average Bonchev–Trinajstić information content (AvgIpc) is 3.31. The summed E-state index contributed by atoms with van der Waals surface area (Å²) >= 11 is 0. The summed E-state index contributed by atoms with van der Waals surface area (Å²) in [6.07, 6.45) is 7.92. The van der Waals surface area contributed by atoms with E-state index in [1.54, 1.807) is 11.5 Å². The van der Waals surface area contributed by atoms with Gasteiger partial charge in [0.25, 0.3) is 0 Å². The molecule has 0 atom stereocenters. The molecule has 1 fully saturated rings. The van der Waals surface area contributed by atoms with Crippen molar-refractivity contribution in [1.29, 1.82) is 0 Å². The van der Waals surface area contributed by atoms with Crippen LogP contribution in [0.3, 0.4) is 0 Å². The Labute approximate surface area is 161 Å². The number of aryl methyl sites for hydroxylation is 1. The highest BCUT2D eigenvalue weighted by Gasteiger charge is 2.19. The number of halogens is 1. The van der Waals surface area contributed by atoms with E-state index in [0.717, 1.165) is 53.7 Å². The highest BCUT2D eigenvalue weighted by Crippen LogP contribution is 2.33. The molecule has 1 aromatic carbocycles. The van der Waals surface area contributed by atoms with Crippen LogP contribution in [0.15, 0.2) is 36.8 Å². The van der Waals surface area contributed by atoms with Crippen LogP contribution in [-0.2, 0) is 0 Å². The van der Waals surface area contributed by atoms with Crippen LogP contribution < -0.4 is 10.1 Å². The van der Waals surface area contributed by atoms with Crippen molar-refractivity contribution in [3.05, 3.63) is 48.3 Å². The average molecular weight is 379 g/mol. The number of nitrogens with zero attached hydrogens (tertiary/aromatic N) is 4. The molecule has 4 heterocycles. The van der Waals surface area contributed by atoms with Crippen molar-refractivity contribution in [2.45, 2.75) is 25.8 Å². The van der Waals surface area contributed by atoms with Crippen LogP contribution in [0.1, 0.15) is 24.6 Å². The Morgan fingerprint density at radius 2 is 1.93 bits per heavy atom. The first-order chi connectivity index (χ1) is 13.6. The lowest BCUT2D eigenvalue weighted by molar-refractivity contribution is 0.344. The first-order valence-electron chi connectivity index (χ1n) is 9.55. The first-order valence-corrected chi connectivity index (χ1v) is 9.55. The standard InChI is InChI=1S/C21H22FN5O/c1-13-10-26-11-15(8-18(22)21(26)24-13)14-7-16-12-27(17-3-5-23-6-4-17)25-20(16)19(9-14)28-2/h7-12,17,23H,3-6H2,1-2H3. The minimum Gasteiger partial charge on any atom is -0.494 e. The van der Waals surface area contributed by atoms with Gasteiger partial charge in [-0.2, -0.15) is 5.10 Å². The predicted octanol–water partition coefficient (Wildman–Crippen LogP) is 3.73. The molecule has 6 nitrogen and oxygen atoms in total. The molecule has 0 unspecified atom stereocenters. The summed E-state index contributed by atoms with van der Waals surface area (Å²) in [5.74, 6) is 0.359. The van der Waals surface area contributed by atoms with E-state index in [2.05, 4.69) is 21.2 Å². The molecule has 1 aliphatic heterocycles. The Morgan fingerprint density at radius 1 is 1.11 bits per heavy atom. The number of hydrogen-bond acceptors (Lipinski definition) is 4. The van der Waals surface area contributed by atoms with E-state index in [-0.39, 0.29) is 5.82 Å². The summed E-state index contributed by atoms with van der Waals surface area (Å²) in [7, 11) is 1.64. The molecule has 7 heteroatoms. The van der Waals surface area contributed by atoms with E-state index in [9.17, 15) is 4.39 Å². The molecule has 28 heavy (non-hydrogen) atoms. The number of piperidine rings is 1. The number of pyridine rings is 1. The molecule has 1 N–H and O–H groups in total. The van der Waals surface area contributed by atoms with Gasteiger partial charge in [0.05, 0.1) is 18.8 Å². The van der Waals surface area contributed by atoms with Crippen molar-refractivity contribution >= 4 is 16.6 Å². The summed E-state index contributed by atoms with van der Waals surface area (Å²) in [4.78, 5) is 4.23. The van der Waals surface area contributed by atoms with Crippen molar-refractivity contribution in [3.8, 4) is 16.9 Å². The fourth-order valence-electron chi connectivity index (χ4n) is 4.04. The number of hydrogen-bond donors (Lipinski definition) is 1. The maximum Gasteiger partial charge on any atom is 0.173 e. The second kappa shape index (κ2) is 6.60. The Hall–Kier alpha value is -2.93. The number of ether oxygens (including phenoxy) is 1. The normalized spacial score (nSPS) is 15.5. The molecule has 3 aromatic heterocycles. The number of aromatic nitrogens is 4. The topological polar surface area (TPSA) is 56.4 Å². The predicted molar refractivity (Wildman–Crippen MR) is 106 cm³/mol. The molecule has 0 bridgehead atoms. The van der Waals surface area contributed by atoms with Crippen LogP contribution in [0.2, 0.25) is 0 Å². The van der Waals surface area contributed by atoms with E-state index in [4.69, 9.17) is 9.84 Å². The third-order valence-corrected chi connectivity index (χ3v) is 5.45. The third kappa shape index (κ3) is 2.82. The quantitative estimate of drug-likeness (QED) is 0.589. The summed E-state index contributed by atoms with van der Waals surface area (Å²) in [6.45, 7) is 3.87. The zero-order valence-corrected chi connectivity index (χ0v) is 15.9. The molecule has 0 amide bonds. The molecule has 0 saturated carbocycles. The van der Waals surface area contributed by atoms with Crippen LogP contribution in [0.25, 0.3) is 27.7 Å². The molecule has 5 rings (SSSR count). The van der Waals surface area contributed by atoms with Gasteiger partial charge >= 0.3 is 0 Å². The van der Waals surface area contributed by atoms with Crippen molar-refractivity contribution in [2.24, 2.45) is 0 Å². The van der Waals surface area contributed by atoms with Crippen LogP contribution >= 0.6 is 0 Å². The number of imidazole rings is 1. The Balaban J connectivity index is 1.63. The van der Waals surface area contributed by atoms with Gasteiger partial charge in [0.15, 0.2) is 11.5 Å². The van der Waals surface area contributed by atoms with E-state index in [1.807, 2.05) is 31.5 Å². The molecule has 1 saturated heterocycles. The lowest BCUT2D eigenvalue weighted by Gasteiger charge is -2.22. The Morgan fingerprint density at radius 3 is 2.71 bits per heavy atom. The van der Waals surface area contributed by atoms with Gasteiger partial charge < -0.3 is 14.5 Å². The van der Waals surface area contributed by atoms with E-state index in [0.29, 0.717) is 17.4 Å². The molecule has 0 radical (unpaired) electrons. The van der Waals surface area contributed by atoms with Gasteiger partial charge in [0, 0.05) is 29.5 Å². The number of fused-ring (bicyclic) bond motifs is 2. The second-order valence-electron chi connectivity index (χ2n) is 7.40. The number of rotatable bonds is 3. The van der Waals surface area contributed by atoms with Gasteiger partial charge in [-0.25, -0.2) is 9.37 Å². The number of benzene rings is 1.